The predicted molar refractivity (Wildman–Crippen MR) is 107 cm³/mol. The number of nitrogens with one attached hydrogen (secondary N) is 1. The number of nitrogens with zero attached hydrogens (tertiary/aromatic N) is 2. The van der Waals surface area contributed by atoms with E-state index in [1.807, 2.05) is 0 Å². The molecule has 0 radical (unpaired) electrons. The Bertz CT molecular complexity index is 1040. The van der Waals surface area contributed by atoms with Crippen molar-refractivity contribution in [3.63, 3.8) is 0 Å². The Morgan fingerprint density at radius 1 is 1.21 bits per heavy atom. The Balaban J connectivity index is 2.03. The van der Waals surface area contributed by atoms with Crippen molar-refractivity contribution in [2.75, 3.05) is 12.0 Å². The average Bonchev–Trinajstić information content (AvgIpc) is 2.66. The molecule has 8 nitrogen and oxygen atoms in total. The number of carbonyl (C=O) groups is 2. The lowest BCUT2D eigenvalue weighted by Gasteiger charge is -2.28. The van der Waals surface area contributed by atoms with Gasteiger partial charge in [-0.25, -0.2) is 0 Å². The molecule has 0 aromatic heterocycles. The van der Waals surface area contributed by atoms with E-state index in [0.29, 0.717) is 10.7 Å². The second kappa shape index (κ2) is 7.75. The minimum atomic E-state index is -0.696. The standard InChI is InChI=1S/C18H12ClN3O5S/c1-27-15-7-2-10(9-14(15)22(25)26)8-13-16(23)20-18(28)21(17(13)24)12-5-3-11(19)4-6-12/h2-9H,1H3,(H,20,23,28)/b13-8+. The number of benzene rings is 2. The quantitative estimate of drug-likeness (QED) is 0.269. The fraction of sp³-hybridized carbons (Fsp3) is 0.0556. The van der Waals surface area contributed by atoms with Gasteiger partial charge in [-0.1, -0.05) is 17.7 Å². The normalized spacial score (nSPS) is 15.6. The summed E-state index contributed by atoms with van der Waals surface area (Å²) >= 11 is 11.0. The fourth-order valence-corrected chi connectivity index (χ4v) is 3.00. The molecule has 0 aliphatic carbocycles. The molecule has 0 atom stereocenters. The molecule has 28 heavy (non-hydrogen) atoms. The van der Waals surface area contributed by atoms with Gasteiger partial charge in [0.05, 0.1) is 17.7 Å². The van der Waals surface area contributed by atoms with E-state index in [9.17, 15) is 19.7 Å². The minimum Gasteiger partial charge on any atom is -0.490 e. The van der Waals surface area contributed by atoms with Crippen LogP contribution >= 0.6 is 23.8 Å². The summed E-state index contributed by atoms with van der Waals surface area (Å²) in [6.07, 6.45) is 1.26. The lowest BCUT2D eigenvalue weighted by Crippen LogP contribution is -2.54. The first-order chi connectivity index (χ1) is 13.3. The van der Waals surface area contributed by atoms with Crippen molar-refractivity contribution in [1.82, 2.24) is 5.32 Å². The highest BCUT2D eigenvalue weighted by Crippen LogP contribution is 2.29. The van der Waals surface area contributed by atoms with Gasteiger partial charge >= 0.3 is 5.69 Å². The molecular formula is C18H12ClN3O5S. The third kappa shape index (κ3) is 3.71. The van der Waals surface area contributed by atoms with Gasteiger partial charge in [-0.15, -0.1) is 0 Å². The van der Waals surface area contributed by atoms with Crippen molar-refractivity contribution >= 4 is 58.2 Å². The molecule has 2 amide bonds. The molecule has 0 unspecified atom stereocenters. The van der Waals surface area contributed by atoms with Crippen LogP contribution in [0.4, 0.5) is 11.4 Å². The summed E-state index contributed by atoms with van der Waals surface area (Å²) in [5.41, 5.74) is 0.203. The summed E-state index contributed by atoms with van der Waals surface area (Å²) in [4.78, 5) is 36.9. The van der Waals surface area contributed by atoms with Gasteiger partial charge in [0.2, 0.25) is 0 Å². The molecule has 2 aromatic carbocycles. The Labute approximate surface area is 169 Å². The average molecular weight is 418 g/mol. The van der Waals surface area contributed by atoms with Crippen molar-refractivity contribution < 1.29 is 19.2 Å². The zero-order valence-corrected chi connectivity index (χ0v) is 15.9. The van der Waals surface area contributed by atoms with Gasteiger partial charge in [0, 0.05) is 11.1 Å². The Morgan fingerprint density at radius 2 is 1.89 bits per heavy atom. The van der Waals surface area contributed by atoms with Crippen LogP contribution in [0.2, 0.25) is 5.02 Å². The van der Waals surface area contributed by atoms with E-state index in [1.54, 1.807) is 24.3 Å². The van der Waals surface area contributed by atoms with Crippen molar-refractivity contribution in [2.45, 2.75) is 0 Å². The lowest BCUT2D eigenvalue weighted by atomic mass is 10.1. The third-order valence-corrected chi connectivity index (χ3v) is 4.43. The monoisotopic (exact) mass is 417 g/mol. The zero-order chi connectivity index (χ0) is 20.4. The molecular weight excluding hydrogens is 406 g/mol. The SMILES string of the molecule is COc1ccc(/C=C2\C(=O)NC(=S)N(c3ccc(Cl)cc3)C2=O)cc1[N+](=O)[O-]. The number of nitro groups is 1. The van der Waals surface area contributed by atoms with Crippen LogP contribution < -0.4 is 15.0 Å². The molecule has 1 heterocycles. The molecule has 142 valence electrons. The Morgan fingerprint density at radius 3 is 2.50 bits per heavy atom. The Kier molecular flexibility index (Phi) is 5.39. The van der Waals surface area contributed by atoms with E-state index in [2.05, 4.69) is 5.32 Å². The number of methoxy groups -OCH3 is 1. The van der Waals surface area contributed by atoms with Crippen LogP contribution in [0.3, 0.4) is 0 Å². The third-order valence-electron chi connectivity index (χ3n) is 3.90. The van der Waals surface area contributed by atoms with Crippen LogP contribution in [0, 0.1) is 10.1 Å². The van der Waals surface area contributed by atoms with Crippen LogP contribution in [0.25, 0.3) is 6.08 Å². The van der Waals surface area contributed by atoms with Crippen LogP contribution in [0.5, 0.6) is 5.75 Å². The van der Waals surface area contributed by atoms with Gasteiger partial charge in [0.25, 0.3) is 11.8 Å². The van der Waals surface area contributed by atoms with E-state index in [0.717, 1.165) is 4.90 Å². The number of thiocarbonyl (C=S) groups is 1. The minimum absolute atomic E-state index is 0.0653. The summed E-state index contributed by atoms with van der Waals surface area (Å²) in [5.74, 6) is -1.29. The number of amides is 2. The smallest absolute Gasteiger partial charge is 0.311 e. The van der Waals surface area contributed by atoms with Crippen molar-refractivity contribution in [3.8, 4) is 5.75 Å². The predicted octanol–water partition coefficient (Wildman–Crippen LogP) is 3.09. The number of anilines is 1. The molecule has 1 fully saturated rings. The number of halogens is 1. The van der Waals surface area contributed by atoms with Crippen LogP contribution in [0.15, 0.2) is 48.0 Å². The van der Waals surface area contributed by atoms with E-state index in [1.165, 1.54) is 31.4 Å². The van der Waals surface area contributed by atoms with Gasteiger partial charge in [0.1, 0.15) is 5.57 Å². The van der Waals surface area contributed by atoms with E-state index >= 15 is 0 Å². The molecule has 0 bridgehead atoms. The van der Waals surface area contributed by atoms with Gasteiger partial charge < -0.3 is 4.74 Å². The second-order valence-electron chi connectivity index (χ2n) is 5.62. The molecule has 2 aromatic rings. The van der Waals surface area contributed by atoms with Crippen molar-refractivity contribution in [3.05, 3.63) is 68.7 Å². The second-order valence-corrected chi connectivity index (χ2v) is 6.45. The summed E-state index contributed by atoms with van der Waals surface area (Å²) < 4.78 is 4.95. The van der Waals surface area contributed by atoms with Gasteiger partial charge in [-0.2, -0.15) is 0 Å². The zero-order valence-electron chi connectivity index (χ0n) is 14.3. The highest BCUT2D eigenvalue weighted by Gasteiger charge is 2.34. The topological polar surface area (TPSA) is 102 Å². The lowest BCUT2D eigenvalue weighted by molar-refractivity contribution is -0.385. The number of nitro benzene ring substituents is 1. The van der Waals surface area contributed by atoms with Gasteiger partial charge in [-0.05, 0) is 54.2 Å². The first-order valence-electron chi connectivity index (χ1n) is 7.81. The highest BCUT2D eigenvalue weighted by molar-refractivity contribution is 7.80. The van der Waals surface area contributed by atoms with Gasteiger partial charge in [-0.3, -0.25) is 29.9 Å². The highest BCUT2D eigenvalue weighted by atomic mass is 35.5. The molecule has 1 aliphatic rings. The number of hydrogen-bond donors (Lipinski definition) is 1. The fourth-order valence-electron chi connectivity index (χ4n) is 2.59. The van der Waals surface area contributed by atoms with E-state index in [-0.39, 0.29) is 27.7 Å². The number of carbonyl (C=O) groups excluding carboxylic acids is 2. The molecule has 1 N–H and O–H groups in total. The molecule has 0 saturated carbocycles. The summed E-state index contributed by atoms with van der Waals surface area (Å²) in [7, 11) is 1.31. The summed E-state index contributed by atoms with van der Waals surface area (Å²) in [6.45, 7) is 0. The van der Waals surface area contributed by atoms with E-state index in [4.69, 9.17) is 28.6 Å². The number of hydrogen-bond acceptors (Lipinski definition) is 6. The van der Waals surface area contributed by atoms with Crippen LogP contribution in [-0.2, 0) is 9.59 Å². The molecule has 0 spiro atoms. The van der Waals surface area contributed by atoms with Crippen molar-refractivity contribution in [1.29, 1.82) is 0 Å². The number of ether oxygens (including phenoxy) is 1. The van der Waals surface area contributed by atoms with Gasteiger partial charge in [0.15, 0.2) is 10.9 Å². The first-order valence-corrected chi connectivity index (χ1v) is 8.60. The van der Waals surface area contributed by atoms with E-state index < -0.39 is 16.7 Å². The maximum absolute atomic E-state index is 12.9. The molecule has 10 heteroatoms. The van der Waals surface area contributed by atoms with Crippen LogP contribution in [0.1, 0.15) is 5.56 Å². The molecule has 3 rings (SSSR count). The summed E-state index contributed by atoms with van der Waals surface area (Å²) in [6, 6.07) is 10.4. The maximum atomic E-state index is 12.9. The molecule has 1 saturated heterocycles. The first kappa shape index (κ1) is 19.5. The largest absolute Gasteiger partial charge is 0.490 e. The Hall–Kier alpha value is -3.30. The summed E-state index contributed by atoms with van der Waals surface area (Å²) in [5, 5.41) is 14.0. The van der Waals surface area contributed by atoms with Crippen LogP contribution in [-0.4, -0.2) is 29.0 Å². The molecule has 1 aliphatic heterocycles. The number of rotatable bonds is 4. The van der Waals surface area contributed by atoms with Crippen molar-refractivity contribution in [2.24, 2.45) is 0 Å². The maximum Gasteiger partial charge on any atom is 0.311 e.